The topological polar surface area (TPSA) is 72.0 Å². The highest BCUT2D eigenvalue weighted by atomic mass is 32.2. The van der Waals surface area contributed by atoms with Crippen LogP contribution in [0.15, 0.2) is 40.2 Å². The van der Waals surface area contributed by atoms with Gasteiger partial charge in [0.15, 0.2) is 0 Å². The molecule has 0 amide bonds. The maximum absolute atomic E-state index is 13.0. The minimum absolute atomic E-state index is 0.0905. The molecule has 0 fully saturated rings. The van der Waals surface area contributed by atoms with Crippen molar-refractivity contribution in [2.75, 3.05) is 0 Å². The van der Waals surface area contributed by atoms with Crippen LogP contribution in [0.2, 0.25) is 0 Å². The Morgan fingerprint density at radius 2 is 1.69 bits per heavy atom. The minimum Gasteiger partial charge on any atom is -0.256 e. The first-order chi connectivity index (χ1) is 12.3. The predicted octanol–water partition coefficient (Wildman–Crippen LogP) is 3.92. The molecule has 5 nitrogen and oxygen atoms in total. The summed E-state index contributed by atoms with van der Waals surface area (Å²) in [5.74, 6) is 0. The molecule has 0 radical (unpaired) electrons. The Balaban J connectivity index is 1.94. The second-order valence-corrected chi connectivity index (χ2v) is 8.76. The van der Waals surface area contributed by atoms with Crippen molar-refractivity contribution in [3.8, 4) is 11.3 Å². The normalized spacial score (nSPS) is 11.7. The summed E-state index contributed by atoms with van der Waals surface area (Å²) in [5, 5.41) is 3.93. The van der Waals surface area contributed by atoms with Crippen molar-refractivity contribution in [2.24, 2.45) is 0 Å². The molecule has 0 aliphatic rings. The molecule has 2 heterocycles. The van der Waals surface area contributed by atoms with E-state index in [-0.39, 0.29) is 6.54 Å². The molecule has 0 saturated carbocycles. The van der Waals surface area contributed by atoms with E-state index < -0.39 is 10.0 Å². The van der Waals surface area contributed by atoms with Crippen LogP contribution in [0, 0.1) is 27.7 Å². The first kappa shape index (κ1) is 18.7. The van der Waals surface area contributed by atoms with E-state index in [1.807, 2.05) is 50.6 Å². The van der Waals surface area contributed by atoms with Gasteiger partial charge in [0.2, 0.25) is 10.0 Å². The maximum Gasteiger partial charge on any atom is 0.241 e. The van der Waals surface area contributed by atoms with E-state index in [0.717, 1.165) is 27.8 Å². The lowest BCUT2D eigenvalue weighted by atomic mass is 10.0. The quantitative estimate of drug-likeness (QED) is 0.720. The van der Waals surface area contributed by atoms with Gasteiger partial charge in [0.1, 0.15) is 0 Å². The number of sulfonamides is 1. The molecule has 1 aromatic carbocycles. The lowest BCUT2D eigenvalue weighted by Gasteiger charge is -2.16. The van der Waals surface area contributed by atoms with Gasteiger partial charge in [-0.2, -0.15) is 11.3 Å². The lowest BCUT2D eigenvalue weighted by molar-refractivity contribution is 0.579. The zero-order chi connectivity index (χ0) is 18.9. The number of aromatic nitrogens is 2. The number of rotatable bonds is 5. The highest BCUT2D eigenvalue weighted by Gasteiger charge is 2.22. The second kappa shape index (κ2) is 7.26. The van der Waals surface area contributed by atoms with E-state index in [0.29, 0.717) is 16.3 Å². The van der Waals surface area contributed by atoms with E-state index in [1.54, 1.807) is 23.7 Å². The summed E-state index contributed by atoms with van der Waals surface area (Å²) in [6.45, 7) is 7.63. The number of thiophene rings is 1. The highest BCUT2D eigenvalue weighted by molar-refractivity contribution is 7.89. The molecule has 0 atom stereocenters. The van der Waals surface area contributed by atoms with Gasteiger partial charge in [-0.1, -0.05) is 6.07 Å². The van der Waals surface area contributed by atoms with Crippen molar-refractivity contribution < 1.29 is 8.42 Å². The van der Waals surface area contributed by atoms with E-state index in [4.69, 9.17) is 0 Å². The van der Waals surface area contributed by atoms with Gasteiger partial charge in [0.05, 0.1) is 22.8 Å². The number of hydrogen-bond acceptors (Lipinski definition) is 5. The third-order valence-electron chi connectivity index (χ3n) is 4.56. The molecule has 26 heavy (non-hydrogen) atoms. The van der Waals surface area contributed by atoms with E-state index in [1.165, 1.54) is 0 Å². The fourth-order valence-electron chi connectivity index (χ4n) is 2.96. The van der Waals surface area contributed by atoms with Gasteiger partial charge in [-0.05, 0) is 61.4 Å². The van der Waals surface area contributed by atoms with Crippen molar-refractivity contribution in [1.82, 2.24) is 14.7 Å². The summed E-state index contributed by atoms with van der Waals surface area (Å²) in [6, 6.07) is 3.96. The van der Waals surface area contributed by atoms with E-state index >= 15 is 0 Å². The second-order valence-electron chi connectivity index (χ2n) is 6.28. The van der Waals surface area contributed by atoms with E-state index in [9.17, 15) is 8.42 Å². The van der Waals surface area contributed by atoms with Crippen LogP contribution in [-0.4, -0.2) is 18.4 Å². The summed E-state index contributed by atoms with van der Waals surface area (Å²) in [6.07, 6.45) is 3.19. The smallest absolute Gasteiger partial charge is 0.241 e. The molecule has 136 valence electrons. The average Bonchev–Trinajstić information content (AvgIpc) is 3.13. The van der Waals surface area contributed by atoms with Crippen LogP contribution in [-0.2, 0) is 16.6 Å². The van der Waals surface area contributed by atoms with Gasteiger partial charge in [-0.25, -0.2) is 13.1 Å². The Labute approximate surface area is 158 Å². The number of aryl methyl sites for hydroxylation is 2. The molecule has 0 aliphatic carbocycles. The van der Waals surface area contributed by atoms with Gasteiger partial charge in [0.25, 0.3) is 0 Å². The van der Waals surface area contributed by atoms with Gasteiger partial charge in [0, 0.05) is 23.3 Å². The highest BCUT2D eigenvalue weighted by Crippen LogP contribution is 2.27. The third kappa shape index (κ3) is 3.56. The van der Waals surface area contributed by atoms with Crippen LogP contribution in [0.3, 0.4) is 0 Å². The number of hydrogen-bond donors (Lipinski definition) is 1. The fourth-order valence-corrected chi connectivity index (χ4v) is 5.20. The van der Waals surface area contributed by atoms with Crippen LogP contribution >= 0.6 is 11.3 Å². The average molecular weight is 388 g/mol. The minimum atomic E-state index is -3.67. The van der Waals surface area contributed by atoms with Crippen molar-refractivity contribution in [1.29, 1.82) is 0 Å². The van der Waals surface area contributed by atoms with Crippen LogP contribution < -0.4 is 4.72 Å². The van der Waals surface area contributed by atoms with E-state index in [2.05, 4.69) is 14.7 Å². The SMILES string of the molecule is Cc1cc(C)c(C)c(S(=O)(=O)NCc2nccnc2-c2ccsc2)c1C. The Morgan fingerprint density at radius 3 is 2.31 bits per heavy atom. The van der Waals surface area contributed by atoms with Gasteiger partial charge >= 0.3 is 0 Å². The molecule has 0 unspecified atom stereocenters. The molecule has 0 spiro atoms. The molecule has 7 heteroatoms. The largest absolute Gasteiger partial charge is 0.256 e. The molecule has 1 N–H and O–H groups in total. The molecular weight excluding hydrogens is 366 g/mol. The van der Waals surface area contributed by atoms with Crippen molar-refractivity contribution >= 4 is 21.4 Å². The zero-order valence-electron chi connectivity index (χ0n) is 15.2. The summed E-state index contributed by atoms with van der Waals surface area (Å²) in [5.41, 5.74) is 5.73. The summed E-state index contributed by atoms with van der Waals surface area (Å²) >= 11 is 1.56. The monoisotopic (exact) mass is 387 g/mol. The van der Waals surface area contributed by atoms with Crippen molar-refractivity contribution in [3.63, 3.8) is 0 Å². The fraction of sp³-hybridized carbons (Fsp3) is 0.263. The molecule has 0 aliphatic heterocycles. The van der Waals surface area contributed by atoms with Gasteiger partial charge < -0.3 is 0 Å². The van der Waals surface area contributed by atoms with Crippen LogP contribution in [0.1, 0.15) is 27.9 Å². The van der Waals surface area contributed by atoms with Crippen molar-refractivity contribution in [2.45, 2.75) is 39.1 Å². The standard InChI is InChI=1S/C19H21N3O2S2/c1-12-9-13(2)15(4)19(14(12)3)26(23,24)22-10-17-18(21-7-6-20-17)16-5-8-25-11-16/h5-9,11,22H,10H2,1-4H3. The Hall–Kier alpha value is -2.09. The lowest BCUT2D eigenvalue weighted by Crippen LogP contribution is -2.26. The molecule has 3 aromatic rings. The number of benzene rings is 1. The molecule has 0 bridgehead atoms. The molecule has 3 rings (SSSR count). The summed E-state index contributed by atoms with van der Waals surface area (Å²) in [4.78, 5) is 9.05. The Bertz CT molecular complexity index is 1020. The molecule has 0 saturated heterocycles. The molecule has 2 aromatic heterocycles. The molecular formula is C19H21N3O2S2. The Kier molecular flexibility index (Phi) is 5.22. The third-order valence-corrected chi connectivity index (χ3v) is 6.92. The number of nitrogens with zero attached hydrogens (tertiary/aromatic N) is 2. The number of nitrogens with one attached hydrogen (secondary N) is 1. The van der Waals surface area contributed by atoms with Crippen LogP contribution in [0.5, 0.6) is 0 Å². The summed E-state index contributed by atoms with van der Waals surface area (Å²) < 4.78 is 28.7. The van der Waals surface area contributed by atoms with Crippen LogP contribution in [0.25, 0.3) is 11.3 Å². The van der Waals surface area contributed by atoms with Gasteiger partial charge in [-0.3, -0.25) is 9.97 Å². The van der Waals surface area contributed by atoms with Crippen molar-refractivity contribution in [3.05, 3.63) is 63.2 Å². The Morgan fingerprint density at radius 1 is 1.04 bits per heavy atom. The van der Waals surface area contributed by atoms with Gasteiger partial charge in [-0.15, -0.1) is 0 Å². The summed E-state index contributed by atoms with van der Waals surface area (Å²) in [7, 11) is -3.67. The first-order valence-electron chi connectivity index (χ1n) is 8.21. The zero-order valence-corrected chi connectivity index (χ0v) is 16.8. The maximum atomic E-state index is 13.0. The first-order valence-corrected chi connectivity index (χ1v) is 10.6. The predicted molar refractivity (Wildman–Crippen MR) is 105 cm³/mol. The van der Waals surface area contributed by atoms with Crippen LogP contribution in [0.4, 0.5) is 0 Å².